The lowest BCUT2D eigenvalue weighted by atomic mass is 9.83. The molecule has 0 spiro atoms. The van der Waals surface area contributed by atoms with Gasteiger partial charge in [0.2, 0.25) is 0 Å². The molecule has 20 heavy (non-hydrogen) atoms. The first-order valence-corrected chi connectivity index (χ1v) is 8.45. The third kappa shape index (κ3) is 6.11. The second kappa shape index (κ2) is 8.35. The van der Waals surface area contributed by atoms with Gasteiger partial charge in [0.05, 0.1) is 0 Å². The molecule has 0 saturated carbocycles. The Labute approximate surface area is 127 Å². The van der Waals surface area contributed by atoms with Crippen LogP contribution < -0.4 is 5.32 Å². The number of hydrogen-bond donors (Lipinski definition) is 1. The first kappa shape index (κ1) is 17.9. The lowest BCUT2D eigenvalue weighted by molar-refractivity contribution is 0.0996. The van der Waals surface area contributed by atoms with Gasteiger partial charge in [0.1, 0.15) is 0 Å². The molecule has 1 fully saturated rings. The van der Waals surface area contributed by atoms with Crippen LogP contribution in [0.15, 0.2) is 0 Å². The van der Waals surface area contributed by atoms with Crippen LogP contribution in [0.2, 0.25) is 0 Å². The first-order chi connectivity index (χ1) is 9.35. The lowest BCUT2D eigenvalue weighted by Crippen LogP contribution is -2.49. The third-order valence-corrected chi connectivity index (χ3v) is 4.83. The van der Waals surface area contributed by atoms with Crippen molar-refractivity contribution in [3.8, 4) is 0 Å². The SMILES string of the molecule is CCCNC(C)C(C)(C)CN1CCC(CN(C)C)CC1. The molecule has 0 aromatic carbocycles. The van der Waals surface area contributed by atoms with Crippen molar-refractivity contribution in [2.45, 2.75) is 53.0 Å². The van der Waals surface area contributed by atoms with E-state index >= 15 is 0 Å². The highest BCUT2D eigenvalue weighted by atomic mass is 15.1. The van der Waals surface area contributed by atoms with Crippen molar-refractivity contribution in [3.63, 3.8) is 0 Å². The highest BCUT2D eigenvalue weighted by molar-refractivity contribution is 4.85. The van der Waals surface area contributed by atoms with Crippen molar-refractivity contribution < 1.29 is 0 Å². The van der Waals surface area contributed by atoms with Crippen LogP contribution in [0.3, 0.4) is 0 Å². The molecule has 0 aliphatic carbocycles. The van der Waals surface area contributed by atoms with Crippen molar-refractivity contribution in [1.29, 1.82) is 0 Å². The van der Waals surface area contributed by atoms with E-state index in [4.69, 9.17) is 0 Å². The summed E-state index contributed by atoms with van der Waals surface area (Å²) in [6.07, 6.45) is 3.95. The van der Waals surface area contributed by atoms with E-state index in [9.17, 15) is 0 Å². The number of likely N-dealkylation sites (tertiary alicyclic amines) is 1. The summed E-state index contributed by atoms with van der Waals surface area (Å²) in [5.74, 6) is 0.903. The monoisotopic (exact) mass is 283 g/mol. The highest BCUT2D eigenvalue weighted by Crippen LogP contribution is 2.25. The number of nitrogens with one attached hydrogen (secondary N) is 1. The van der Waals surface area contributed by atoms with Crippen LogP contribution in [-0.2, 0) is 0 Å². The molecule has 0 amide bonds. The van der Waals surface area contributed by atoms with E-state index in [1.807, 2.05) is 0 Å². The number of nitrogens with zero attached hydrogens (tertiary/aromatic N) is 2. The maximum absolute atomic E-state index is 3.66. The van der Waals surface area contributed by atoms with Crippen molar-refractivity contribution in [2.24, 2.45) is 11.3 Å². The molecule has 1 N–H and O–H groups in total. The maximum Gasteiger partial charge on any atom is 0.0102 e. The van der Waals surface area contributed by atoms with Gasteiger partial charge in [-0.2, -0.15) is 0 Å². The number of hydrogen-bond acceptors (Lipinski definition) is 3. The van der Waals surface area contributed by atoms with Crippen LogP contribution in [0.4, 0.5) is 0 Å². The Morgan fingerprint density at radius 2 is 1.85 bits per heavy atom. The number of rotatable bonds is 8. The van der Waals surface area contributed by atoms with E-state index in [1.165, 1.54) is 45.4 Å². The fourth-order valence-corrected chi connectivity index (χ4v) is 3.19. The largest absolute Gasteiger partial charge is 0.314 e. The van der Waals surface area contributed by atoms with Gasteiger partial charge in [0, 0.05) is 19.1 Å². The van der Waals surface area contributed by atoms with Crippen LogP contribution in [0, 0.1) is 11.3 Å². The van der Waals surface area contributed by atoms with Crippen molar-refractivity contribution >= 4 is 0 Å². The van der Waals surface area contributed by atoms with Gasteiger partial charge >= 0.3 is 0 Å². The van der Waals surface area contributed by atoms with E-state index < -0.39 is 0 Å². The van der Waals surface area contributed by atoms with Gasteiger partial charge in [-0.05, 0) is 71.2 Å². The summed E-state index contributed by atoms with van der Waals surface area (Å²) in [4.78, 5) is 5.01. The van der Waals surface area contributed by atoms with Crippen molar-refractivity contribution in [2.75, 3.05) is 46.8 Å². The van der Waals surface area contributed by atoms with Gasteiger partial charge < -0.3 is 15.1 Å². The summed E-state index contributed by atoms with van der Waals surface area (Å²) in [5.41, 5.74) is 0.351. The molecule has 1 aliphatic heterocycles. The molecule has 1 rings (SSSR count). The smallest absolute Gasteiger partial charge is 0.0102 e. The van der Waals surface area contributed by atoms with Crippen molar-refractivity contribution in [1.82, 2.24) is 15.1 Å². The van der Waals surface area contributed by atoms with Gasteiger partial charge in [-0.3, -0.25) is 0 Å². The van der Waals surface area contributed by atoms with Crippen LogP contribution in [-0.4, -0.2) is 62.7 Å². The molecule has 1 aliphatic rings. The van der Waals surface area contributed by atoms with Crippen LogP contribution >= 0.6 is 0 Å². The summed E-state index contributed by atoms with van der Waals surface area (Å²) in [6.45, 7) is 15.6. The summed E-state index contributed by atoms with van der Waals surface area (Å²) < 4.78 is 0. The van der Waals surface area contributed by atoms with Gasteiger partial charge in [0.25, 0.3) is 0 Å². The van der Waals surface area contributed by atoms with Gasteiger partial charge in [-0.15, -0.1) is 0 Å². The van der Waals surface area contributed by atoms with Gasteiger partial charge in [0.15, 0.2) is 0 Å². The second-order valence-electron chi connectivity index (χ2n) is 7.65. The minimum Gasteiger partial charge on any atom is -0.314 e. The van der Waals surface area contributed by atoms with E-state index in [-0.39, 0.29) is 0 Å². The average Bonchev–Trinajstić information content (AvgIpc) is 2.37. The Bertz CT molecular complexity index is 255. The minimum atomic E-state index is 0.351. The quantitative estimate of drug-likeness (QED) is 0.739. The van der Waals surface area contributed by atoms with Crippen molar-refractivity contribution in [3.05, 3.63) is 0 Å². The van der Waals surface area contributed by atoms with Crippen LogP contribution in [0.1, 0.15) is 47.0 Å². The zero-order valence-corrected chi connectivity index (χ0v) is 14.7. The summed E-state index contributed by atoms with van der Waals surface area (Å²) >= 11 is 0. The Kier molecular flexibility index (Phi) is 7.49. The molecule has 1 atom stereocenters. The minimum absolute atomic E-state index is 0.351. The molecule has 1 saturated heterocycles. The zero-order chi connectivity index (χ0) is 15.2. The molecule has 120 valence electrons. The van der Waals surface area contributed by atoms with Gasteiger partial charge in [-0.25, -0.2) is 0 Å². The Morgan fingerprint density at radius 3 is 2.35 bits per heavy atom. The fourth-order valence-electron chi connectivity index (χ4n) is 3.19. The normalized spacial score (nSPS) is 20.6. The van der Waals surface area contributed by atoms with E-state index in [0.29, 0.717) is 11.5 Å². The molecular formula is C17H37N3. The summed E-state index contributed by atoms with van der Waals surface area (Å²) in [6, 6.07) is 0.585. The predicted molar refractivity (Wildman–Crippen MR) is 89.3 cm³/mol. The first-order valence-electron chi connectivity index (χ1n) is 8.45. The zero-order valence-electron chi connectivity index (χ0n) is 14.7. The molecule has 0 aromatic rings. The standard InChI is InChI=1S/C17H37N3/c1-7-10-18-15(2)17(3,4)14-20-11-8-16(9-12-20)13-19(5)6/h15-16,18H,7-14H2,1-6H3. The number of piperidine rings is 1. The molecule has 1 unspecified atom stereocenters. The Morgan fingerprint density at radius 1 is 1.25 bits per heavy atom. The molecule has 3 heteroatoms. The summed E-state index contributed by atoms with van der Waals surface area (Å²) in [5, 5.41) is 3.66. The van der Waals surface area contributed by atoms with Crippen LogP contribution in [0.25, 0.3) is 0 Å². The van der Waals surface area contributed by atoms with E-state index in [0.717, 1.165) is 12.5 Å². The Balaban J connectivity index is 2.34. The topological polar surface area (TPSA) is 18.5 Å². The molecule has 1 heterocycles. The molecular weight excluding hydrogens is 246 g/mol. The van der Waals surface area contributed by atoms with Gasteiger partial charge in [-0.1, -0.05) is 20.8 Å². The average molecular weight is 284 g/mol. The highest BCUT2D eigenvalue weighted by Gasteiger charge is 2.29. The third-order valence-electron chi connectivity index (χ3n) is 4.83. The molecule has 0 radical (unpaired) electrons. The molecule has 0 bridgehead atoms. The van der Waals surface area contributed by atoms with E-state index in [1.54, 1.807) is 0 Å². The fraction of sp³-hybridized carbons (Fsp3) is 1.00. The lowest BCUT2D eigenvalue weighted by Gasteiger charge is -2.41. The Hall–Kier alpha value is -0.120. The maximum atomic E-state index is 3.66. The summed E-state index contributed by atoms with van der Waals surface area (Å²) in [7, 11) is 4.38. The second-order valence-corrected chi connectivity index (χ2v) is 7.65. The van der Waals surface area contributed by atoms with E-state index in [2.05, 4.69) is 56.9 Å². The molecule has 0 aromatic heterocycles. The molecule has 3 nitrogen and oxygen atoms in total. The predicted octanol–water partition coefficient (Wildman–Crippen LogP) is 2.67. The van der Waals surface area contributed by atoms with Crippen LogP contribution in [0.5, 0.6) is 0 Å².